The molecule has 0 radical (unpaired) electrons. The Morgan fingerprint density at radius 2 is 1.87 bits per heavy atom. The summed E-state index contributed by atoms with van der Waals surface area (Å²) in [6, 6.07) is 6.64. The Bertz CT molecular complexity index is 741. The zero-order valence-corrected chi connectivity index (χ0v) is 22.4. The maximum absolute atomic E-state index is 5.60. The van der Waals surface area contributed by atoms with Gasteiger partial charge >= 0.3 is 0 Å². The number of ether oxygens (including phenoxy) is 1. The van der Waals surface area contributed by atoms with Crippen molar-refractivity contribution in [2.45, 2.75) is 25.8 Å². The molecule has 6 nitrogen and oxygen atoms in total. The molecule has 0 amide bonds. The van der Waals surface area contributed by atoms with Crippen LogP contribution in [0.15, 0.2) is 23.2 Å². The van der Waals surface area contributed by atoms with E-state index in [4.69, 9.17) is 4.74 Å². The van der Waals surface area contributed by atoms with E-state index < -0.39 is 0 Å². The van der Waals surface area contributed by atoms with Crippen LogP contribution in [-0.4, -0.2) is 98.9 Å². The van der Waals surface area contributed by atoms with Gasteiger partial charge in [0.25, 0.3) is 0 Å². The Morgan fingerprint density at radius 3 is 2.52 bits per heavy atom. The lowest BCUT2D eigenvalue weighted by molar-refractivity contribution is -0.0121. The summed E-state index contributed by atoms with van der Waals surface area (Å²) < 4.78 is 5.60. The minimum atomic E-state index is 0. The van der Waals surface area contributed by atoms with E-state index in [-0.39, 0.29) is 29.5 Å². The SMILES string of the molecule is CN=C(NCC1(N2CCOCC2)CCSC1)N1CCN(c2cccc(C)c2C)CC1.I. The van der Waals surface area contributed by atoms with Gasteiger partial charge in [0.15, 0.2) is 5.96 Å². The molecular weight excluding hydrogens is 521 g/mol. The number of piperazine rings is 1. The first kappa shape index (κ1) is 24.9. The number of hydrogen-bond donors (Lipinski definition) is 1. The first-order valence-corrected chi connectivity index (χ1v) is 12.5. The number of guanidine groups is 1. The average molecular weight is 560 g/mol. The van der Waals surface area contributed by atoms with Gasteiger partial charge in [0.05, 0.1) is 13.2 Å². The Balaban J connectivity index is 0.00000272. The molecule has 1 aromatic carbocycles. The van der Waals surface area contributed by atoms with Gasteiger partial charge in [0, 0.05) is 69.8 Å². The Labute approximate surface area is 209 Å². The number of aliphatic imine (C=N–C) groups is 1. The lowest BCUT2D eigenvalue weighted by atomic mass is 9.95. The molecule has 3 heterocycles. The average Bonchev–Trinajstić information content (AvgIpc) is 3.27. The van der Waals surface area contributed by atoms with Gasteiger partial charge in [-0.15, -0.1) is 24.0 Å². The molecule has 0 saturated carbocycles. The summed E-state index contributed by atoms with van der Waals surface area (Å²) >= 11 is 2.09. The topological polar surface area (TPSA) is 43.3 Å². The van der Waals surface area contributed by atoms with Gasteiger partial charge in [0.2, 0.25) is 0 Å². The van der Waals surface area contributed by atoms with E-state index in [1.54, 1.807) is 0 Å². The second kappa shape index (κ2) is 11.4. The van der Waals surface area contributed by atoms with Gasteiger partial charge in [-0.1, -0.05) is 12.1 Å². The van der Waals surface area contributed by atoms with Crippen LogP contribution in [0.2, 0.25) is 0 Å². The van der Waals surface area contributed by atoms with Crippen molar-refractivity contribution in [1.82, 2.24) is 15.1 Å². The van der Waals surface area contributed by atoms with Gasteiger partial charge in [0.1, 0.15) is 0 Å². The second-order valence-corrected chi connectivity index (χ2v) is 9.83. The Hall–Kier alpha value is -0.710. The van der Waals surface area contributed by atoms with Gasteiger partial charge in [-0.2, -0.15) is 11.8 Å². The van der Waals surface area contributed by atoms with Crippen molar-refractivity contribution < 1.29 is 4.74 Å². The number of aryl methyl sites for hydroxylation is 1. The number of benzene rings is 1. The number of morpholine rings is 1. The molecule has 1 atom stereocenters. The van der Waals surface area contributed by atoms with Crippen LogP contribution in [0.5, 0.6) is 0 Å². The van der Waals surface area contributed by atoms with Crippen LogP contribution in [-0.2, 0) is 4.74 Å². The molecule has 0 aliphatic carbocycles. The zero-order valence-electron chi connectivity index (χ0n) is 19.2. The minimum absolute atomic E-state index is 0. The zero-order chi connectivity index (χ0) is 21.0. The van der Waals surface area contributed by atoms with Crippen LogP contribution in [0.4, 0.5) is 5.69 Å². The van der Waals surface area contributed by atoms with Gasteiger partial charge in [-0.05, 0) is 43.2 Å². The first-order chi connectivity index (χ1) is 14.6. The standard InChI is InChI=1S/C23H37N5OS.HI/c1-19-5-4-6-21(20(19)2)26-8-10-27(11-9-26)22(24-3)25-17-23(7-16-30-18-23)28-12-14-29-15-13-28;/h4-6H,7-18H2,1-3H3,(H,24,25);1H. The molecule has 8 heteroatoms. The highest BCUT2D eigenvalue weighted by Gasteiger charge is 2.41. The van der Waals surface area contributed by atoms with E-state index >= 15 is 0 Å². The van der Waals surface area contributed by atoms with Crippen molar-refractivity contribution in [2.24, 2.45) is 4.99 Å². The van der Waals surface area contributed by atoms with Crippen molar-refractivity contribution in [2.75, 3.05) is 82.5 Å². The largest absolute Gasteiger partial charge is 0.379 e. The molecule has 1 unspecified atom stereocenters. The third kappa shape index (κ3) is 5.62. The molecule has 3 fully saturated rings. The van der Waals surface area contributed by atoms with E-state index in [2.05, 4.69) is 68.8 Å². The van der Waals surface area contributed by atoms with Crippen molar-refractivity contribution in [3.8, 4) is 0 Å². The molecule has 4 rings (SSSR count). The fourth-order valence-electron chi connectivity index (χ4n) is 4.95. The Kier molecular flexibility index (Phi) is 9.19. The van der Waals surface area contributed by atoms with Crippen molar-refractivity contribution in [3.63, 3.8) is 0 Å². The highest BCUT2D eigenvalue weighted by Crippen LogP contribution is 2.33. The van der Waals surface area contributed by atoms with Crippen LogP contribution in [0, 0.1) is 13.8 Å². The lowest BCUT2D eigenvalue weighted by Gasteiger charge is -2.44. The smallest absolute Gasteiger partial charge is 0.193 e. The highest BCUT2D eigenvalue weighted by molar-refractivity contribution is 14.0. The number of anilines is 1. The van der Waals surface area contributed by atoms with E-state index in [1.807, 2.05) is 7.05 Å². The van der Waals surface area contributed by atoms with Gasteiger partial charge in [-0.3, -0.25) is 9.89 Å². The monoisotopic (exact) mass is 559 g/mol. The number of halogens is 1. The van der Waals surface area contributed by atoms with Gasteiger partial charge in [-0.25, -0.2) is 0 Å². The first-order valence-electron chi connectivity index (χ1n) is 11.3. The van der Waals surface area contributed by atoms with E-state index in [0.29, 0.717) is 0 Å². The summed E-state index contributed by atoms with van der Waals surface area (Å²) in [6.07, 6.45) is 1.25. The summed E-state index contributed by atoms with van der Waals surface area (Å²) in [5.74, 6) is 3.52. The molecule has 3 saturated heterocycles. The second-order valence-electron chi connectivity index (χ2n) is 8.72. The predicted octanol–water partition coefficient (Wildman–Crippen LogP) is 2.83. The number of rotatable bonds is 4. The quantitative estimate of drug-likeness (QED) is 0.348. The van der Waals surface area contributed by atoms with Crippen LogP contribution >= 0.6 is 35.7 Å². The van der Waals surface area contributed by atoms with Crippen molar-refractivity contribution in [1.29, 1.82) is 0 Å². The highest BCUT2D eigenvalue weighted by atomic mass is 127. The maximum Gasteiger partial charge on any atom is 0.193 e. The van der Waals surface area contributed by atoms with Crippen molar-refractivity contribution >= 4 is 47.4 Å². The normalized spacial score (nSPS) is 25.5. The van der Waals surface area contributed by atoms with Crippen LogP contribution in [0.1, 0.15) is 17.5 Å². The van der Waals surface area contributed by atoms with E-state index in [1.165, 1.54) is 34.7 Å². The lowest BCUT2D eigenvalue weighted by Crippen LogP contribution is -2.61. The maximum atomic E-state index is 5.60. The van der Waals surface area contributed by atoms with Crippen LogP contribution in [0.25, 0.3) is 0 Å². The molecule has 0 bridgehead atoms. The summed E-state index contributed by atoms with van der Waals surface area (Å²) in [6.45, 7) is 13.3. The summed E-state index contributed by atoms with van der Waals surface area (Å²) in [7, 11) is 1.92. The fraction of sp³-hybridized carbons (Fsp3) is 0.696. The van der Waals surface area contributed by atoms with Crippen LogP contribution in [0.3, 0.4) is 0 Å². The number of thioether (sulfide) groups is 1. The molecule has 0 aromatic heterocycles. The third-order valence-corrected chi connectivity index (χ3v) is 8.28. The molecule has 0 spiro atoms. The fourth-order valence-corrected chi connectivity index (χ4v) is 6.43. The summed E-state index contributed by atoms with van der Waals surface area (Å²) in [5.41, 5.74) is 4.40. The minimum Gasteiger partial charge on any atom is -0.379 e. The number of hydrogen-bond acceptors (Lipinski definition) is 5. The Morgan fingerprint density at radius 1 is 1.13 bits per heavy atom. The molecule has 174 valence electrons. The molecule has 1 aromatic rings. The van der Waals surface area contributed by atoms with E-state index in [9.17, 15) is 0 Å². The number of nitrogens with one attached hydrogen (secondary N) is 1. The molecular formula is C23H38IN5OS. The van der Waals surface area contributed by atoms with E-state index in [0.717, 1.165) is 65.0 Å². The molecule has 3 aliphatic heterocycles. The third-order valence-electron chi connectivity index (χ3n) is 7.05. The van der Waals surface area contributed by atoms with Crippen LogP contribution < -0.4 is 10.2 Å². The molecule has 31 heavy (non-hydrogen) atoms. The van der Waals surface area contributed by atoms with Gasteiger partial charge < -0.3 is 19.9 Å². The molecule has 3 aliphatic rings. The predicted molar refractivity (Wildman–Crippen MR) is 144 cm³/mol. The number of nitrogens with zero attached hydrogens (tertiary/aromatic N) is 4. The summed E-state index contributed by atoms with van der Waals surface area (Å²) in [4.78, 5) is 12.3. The van der Waals surface area contributed by atoms with Crippen molar-refractivity contribution in [3.05, 3.63) is 29.3 Å². The molecule has 1 N–H and O–H groups in total. The summed E-state index contributed by atoms with van der Waals surface area (Å²) in [5, 5.41) is 3.76.